The van der Waals surface area contributed by atoms with Crippen LogP contribution in [-0.4, -0.2) is 0 Å². The van der Waals surface area contributed by atoms with Crippen LogP contribution < -0.4 is 0 Å². The van der Waals surface area contributed by atoms with Crippen molar-refractivity contribution in [1.82, 2.24) is 0 Å². The first-order chi connectivity index (χ1) is 4.88. The van der Waals surface area contributed by atoms with Gasteiger partial charge < -0.3 is 0 Å². The molecule has 0 spiro atoms. The molecular formula is C9H7F. The SMILES string of the molecule is FC1=CCC=C2C=CC=C12. The maximum atomic E-state index is 12.9. The van der Waals surface area contributed by atoms with Crippen LogP contribution in [0, 0.1) is 0 Å². The van der Waals surface area contributed by atoms with Crippen molar-refractivity contribution in [2.75, 3.05) is 0 Å². The fraction of sp³-hybridized carbons (Fsp3) is 0.111. The van der Waals surface area contributed by atoms with Crippen LogP contribution in [0.4, 0.5) is 4.39 Å². The monoisotopic (exact) mass is 134 g/mol. The lowest BCUT2D eigenvalue weighted by atomic mass is 10.0. The standard InChI is InChI=1S/C9H7F/c10-9-6-2-4-7-3-1-5-8(7)9/h1,3-6H,2H2. The van der Waals surface area contributed by atoms with Gasteiger partial charge in [0.25, 0.3) is 0 Å². The van der Waals surface area contributed by atoms with E-state index in [1.165, 1.54) is 0 Å². The number of halogens is 1. The summed E-state index contributed by atoms with van der Waals surface area (Å²) in [6.07, 6.45) is 9.96. The number of allylic oxidation sites excluding steroid dienone is 8. The highest BCUT2D eigenvalue weighted by molar-refractivity contribution is 5.58. The molecule has 0 amide bonds. The molecule has 0 nitrogen and oxygen atoms in total. The molecule has 0 unspecified atom stereocenters. The minimum atomic E-state index is -0.0810. The average molecular weight is 134 g/mol. The van der Waals surface area contributed by atoms with Gasteiger partial charge in [-0.05, 0) is 18.1 Å². The lowest BCUT2D eigenvalue weighted by molar-refractivity contribution is 0.648. The number of fused-ring (bicyclic) bond motifs is 1. The highest BCUT2D eigenvalue weighted by atomic mass is 19.1. The minimum absolute atomic E-state index is 0.0810. The van der Waals surface area contributed by atoms with E-state index in [1.807, 2.05) is 18.2 Å². The molecule has 0 N–H and O–H groups in total. The van der Waals surface area contributed by atoms with E-state index < -0.39 is 0 Å². The van der Waals surface area contributed by atoms with Crippen LogP contribution in [0.15, 0.2) is 47.4 Å². The zero-order chi connectivity index (χ0) is 6.97. The van der Waals surface area contributed by atoms with Gasteiger partial charge in [-0.1, -0.05) is 24.3 Å². The molecule has 0 saturated carbocycles. The summed E-state index contributed by atoms with van der Waals surface area (Å²) in [6, 6.07) is 0. The second kappa shape index (κ2) is 1.94. The van der Waals surface area contributed by atoms with Crippen LogP contribution in [0.5, 0.6) is 0 Å². The number of rotatable bonds is 0. The number of hydrogen-bond acceptors (Lipinski definition) is 0. The van der Waals surface area contributed by atoms with Gasteiger partial charge in [0.15, 0.2) is 0 Å². The van der Waals surface area contributed by atoms with E-state index in [0.717, 1.165) is 17.6 Å². The maximum absolute atomic E-state index is 12.9. The highest BCUT2D eigenvalue weighted by Crippen LogP contribution is 2.30. The molecule has 0 fully saturated rings. The Morgan fingerprint density at radius 1 is 1.30 bits per heavy atom. The van der Waals surface area contributed by atoms with Crippen molar-refractivity contribution in [2.45, 2.75) is 6.42 Å². The molecule has 0 aromatic rings. The van der Waals surface area contributed by atoms with Crippen molar-refractivity contribution >= 4 is 0 Å². The molecule has 2 aliphatic carbocycles. The maximum Gasteiger partial charge on any atom is 0.127 e. The predicted octanol–water partition coefficient (Wildman–Crippen LogP) is 2.67. The summed E-state index contributed by atoms with van der Waals surface area (Å²) in [6.45, 7) is 0. The Morgan fingerprint density at radius 2 is 2.20 bits per heavy atom. The Morgan fingerprint density at radius 3 is 3.00 bits per heavy atom. The fourth-order valence-electron chi connectivity index (χ4n) is 1.23. The molecule has 0 saturated heterocycles. The Kier molecular flexibility index (Phi) is 1.10. The van der Waals surface area contributed by atoms with Gasteiger partial charge >= 0.3 is 0 Å². The fourth-order valence-corrected chi connectivity index (χ4v) is 1.23. The van der Waals surface area contributed by atoms with Crippen molar-refractivity contribution < 1.29 is 4.39 Å². The summed E-state index contributed by atoms with van der Waals surface area (Å²) < 4.78 is 12.9. The second-order valence-electron chi connectivity index (χ2n) is 2.39. The highest BCUT2D eigenvalue weighted by Gasteiger charge is 2.13. The van der Waals surface area contributed by atoms with Gasteiger partial charge in [0, 0.05) is 5.57 Å². The third kappa shape index (κ3) is 0.670. The summed E-state index contributed by atoms with van der Waals surface area (Å²) in [7, 11) is 0. The van der Waals surface area contributed by atoms with Crippen LogP contribution in [-0.2, 0) is 0 Å². The van der Waals surface area contributed by atoms with Gasteiger partial charge in [-0.15, -0.1) is 0 Å². The van der Waals surface area contributed by atoms with Crippen LogP contribution in [0.25, 0.3) is 0 Å². The smallest absolute Gasteiger partial charge is 0.127 e. The summed E-state index contributed by atoms with van der Waals surface area (Å²) in [5.41, 5.74) is 1.77. The van der Waals surface area contributed by atoms with Gasteiger partial charge in [0.2, 0.25) is 0 Å². The van der Waals surface area contributed by atoms with E-state index in [1.54, 1.807) is 12.2 Å². The molecule has 50 valence electrons. The topological polar surface area (TPSA) is 0 Å². The van der Waals surface area contributed by atoms with E-state index in [4.69, 9.17) is 0 Å². The Balaban J connectivity index is 2.46. The summed E-state index contributed by atoms with van der Waals surface area (Å²) in [4.78, 5) is 0. The van der Waals surface area contributed by atoms with E-state index in [2.05, 4.69) is 0 Å². The first-order valence-corrected chi connectivity index (χ1v) is 3.33. The lowest BCUT2D eigenvalue weighted by Crippen LogP contribution is -1.89. The molecule has 0 aromatic carbocycles. The zero-order valence-electron chi connectivity index (χ0n) is 5.47. The Labute approximate surface area is 59.1 Å². The molecule has 1 heteroatoms. The molecule has 2 aliphatic rings. The molecule has 0 radical (unpaired) electrons. The number of hydrogen-bond donors (Lipinski definition) is 0. The Hall–Kier alpha value is -1.11. The third-order valence-electron chi connectivity index (χ3n) is 1.74. The molecule has 0 bridgehead atoms. The van der Waals surface area contributed by atoms with E-state index in [0.29, 0.717) is 0 Å². The van der Waals surface area contributed by atoms with E-state index in [-0.39, 0.29) is 5.83 Å². The molecule has 0 aliphatic heterocycles. The van der Waals surface area contributed by atoms with Crippen molar-refractivity contribution in [3.05, 3.63) is 47.4 Å². The summed E-state index contributed by atoms with van der Waals surface area (Å²) in [5.74, 6) is -0.0810. The molecule has 10 heavy (non-hydrogen) atoms. The van der Waals surface area contributed by atoms with E-state index >= 15 is 0 Å². The molecule has 0 aromatic heterocycles. The van der Waals surface area contributed by atoms with Crippen molar-refractivity contribution in [1.29, 1.82) is 0 Å². The third-order valence-corrected chi connectivity index (χ3v) is 1.74. The average Bonchev–Trinajstić information content (AvgIpc) is 2.36. The molecule has 0 heterocycles. The van der Waals surface area contributed by atoms with Crippen molar-refractivity contribution in [3.8, 4) is 0 Å². The second-order valence-corrected chi connectivity index (χ2v) is 2.39. The lowest BCUT2D eigenvalue weighted by Gasteiger charge is -2.05. The minimum Gasteiger partial charge on any atom is -0.207 e. The predicted molar refractivity (Wildman–Crippen MR) is 39.1 cm³/mol. The van der Waals surface area contributed by atoms with Crippen LogP contribution in [0.3, 0.4) is 0 Å². The van der Waals surface area contributed by atoms with Crippen molar-refractivity contribution in [3.63, 3.8) is 0 Å². The van der Waals surface area contributed by atoms with Crippen LogP contribution in [0.2, 0.25) is 0 Å². The van der Waals surface area contributed by atoms with Crippen LogP contribution >= 0.6 is 0 Å². The first kappa shape index (κ1) is 5.66. The van der Waals surface area contributed by atoms with Gasteiger partial charge in [-0.25, -0.2) is 4.39 Å². The largest absolute Gasteiger partial charge is 0.207 e. The quantitative estimate of drug-likeness (QED) is 0.477. The first-order valence-electron chi connectivity index (χ1n) is 3.33. The normalized spacial score (nSPS) is 21.5. The van der Waals surface area contributed by atoms with Gasteiger partial charge in [-0.2, -0.15) is 0 Å². The van der Waals surface area contributed by atoms with Crippen LogP contribution in [0.1, 0.15) is 6.42 Å². The Bertz CT molecular complexity index is 277. The van der Waals surface area contributed by atoms with Gasteiger partial charge in [0.05, 0.1) is 0 Å². The molecule has 0 atom stereocenters. The molecular weight excluding hydrogens is 127 g/mol. The van der Waals surface area contributed by atoms with E-state index in [9.17, 15) is 4.39 Å². The summed E-state index contributed by atoms with van der Waals surface area (Å²) in [5, 5.41) is 0. The van der Waals surface area contributed by atoms with Gasteiger partial charge in [-0.3, -0.25) is 0 Å². The summed E-state index contributed by atoms with van der Waals surface area (Å²) >= 11 is 0. The van der Waals surface area contributed by atoms with Crippen molar-refractivity contribution in [2.24, 2.45) is 0 Å². The molecule has 2 rings (SSSR count). The zero-order valence-corrected chi connectivity index (χ0v) is 5.47. The van der Waals surface area contributed by atoms with Gasteiger partial charge in [0.1, 0.15) is 5.83 Å².